The van der Waals surface area contributed by atoms with Gasteiger partial charge in [-0.3, -0.25) is 9.69 Å². The zero-order valence-electron chi connectivity index (χ0n) is 16.5. The lowest BCUT2D eigenvalue weighted by atomic mass is 9.87. The summed E-state index contributed by atoms with van der Waals surface area (Å²) in [6, 6.07) is 8.39. The van der Waals surface area contributed by atoms with Crippen LogP contribution in [0.5, 0.6) is 0 Å². The van der Waals surface area contributed by atoms with Crippen molar-refractivity contribution in [2.24, 2.45) is 0 Å². The molecule has 3 rings (SSSR count). The normalized spacial score (nSPS) is 24.0. The van der Waals surface area contributed by atoms with Crippen LogP contribution in [-0.4, -0.2) is 62.8 Å². The number of benzene rings is 1. The molecule has 1 N–H and O–H groups in total. The van der Waals surface area contributed by atoms with Crippen molar-refractivity contribution in [2.45, 2.75) is 38.3 Å². The Morgan fingerprint density at radius 2 is 2.19 bits per heavy atom. The standard InChI is InChI=1S/C20H28N4O2.ClH/c1-14-10-23(16(9-22-14)12-26-4)11-19(25)24-13-20(2,3)17-6-5-15(8-21)7-18(17)24;/h5-7,14,16,22H,9-13H2,1-4H3;1H/t14-,16-;/m1./s1. The molecule has 2 aliphatic heterocycles. The molecule has 2 heterocycles. The molecule has 0 bridgehead atoms. The number of methoxy groups -OCH3 is 1. The molecule has 1 aromatic rings. The van der Waals surface area contributed by atoms with E-state index in [1.807, 2.05) is 23.1 Å². The van der Waals surface area contributed by atoms with Gasteiger partial charge in [-0.25, -0.2) is 0 Å². The van der Waals surface area contributed by atoms with Gasteiger partial charge in [0.15, 0.2) is 0 Å². The fraction of sp³-hybridized carbons (Fsp3) is 0.600. The number of fused-ring (bicyclic) bond motifs is 1. The number of nitrogens with zero attached hydrogens (tertiary/aromatic N) is 3. The minimum absolute atomic E-state index is 0. The van der Waals surface area contributed by atoms with Gasteiger partial charge >= 0.3 is 0 Å². The number of hydrogen-bond acceptors (Lipinski definition) is 5. The first-order chi connectivity index (χ1) is 12.4. The molecule has 1 saturated heterocycles. The number of anilines is 1. The van der Waals surface area contributed by atoms with Gasteiger partial charge in [0.1, 0.15) is 0 Å². The van der Waals surface area contributed by atoms with Crippen molar-refractivity contribution in [1.82, 2.24) is 10.2 Å². The predicted octanol–water partition coefficient (Wildman–Crippen LogP) is 1.91. The lowest BCUT2D eigenvalue weighted by Gasteiger charge is -2.39. The summed E-state index contributed by atoms with van der Waals surface area (Å²) in [7, 11) is 1.70. The lowest BCUT2D eigenvalue weighted by Crippen LogP contribution is -2.59. The molecule has 1 aromatic carbocycles. The molecule has 7 heteroatoms. The highest BCUT2D eigenvalue weighted by Crippen LogP contribution is 2.41. The van der Waals surface area contributed by atoms with Gasteiger partial charge in [-0.05, 0) is 24.6 Å². The molecule has 27 heavy (non-hydrogen) atoms. The summed E-state index contributed by atoms with van der Waals surface area (Å²) < 4.78 is 5.33. The summed E-state index contributed by atoms with van der Waals surface area (Å²) in [5.41, 5.74) is 2.49. The number of halogens is 1. The van der Waals surface area contributed by atoms with Gasteiger partial charge in [-0.1, -0.05) is 19.9 Å². The molecule has 2 atom stereocenters. The highest BCUT2D eigenvalue weighted by molar-refractivity contribution is 5.97. The maximum atomic E-state index is 13.2. The Hall–Kier alpha value is -1.65. The Labute approximate surface area is 167 Å². The van der Waals surface area contributed by atoms with Crippen molar-refractivity contribution in [3.8, 4) is 6.07 Å². The third kappa shape index (κ3) is 4.44. The van der Waals surface area contributed by atoms with Crippen molar-refractivity contribution in [3.63, 3.8) is 0 Å². The van der Waals surface area contributed by atoms with Crippen molar-refractivity contribution >= 4 is 24.0 Å². The van der Waals surface area contributed by atoms with E-state index in [1.165, 1.54) is 0 Å². The molecular formula is C20H29ClN4O2. The van der Waals surface area contributed by atoms with Crippen LogP contribution in [0.4, 0.5) is 5.69 Å². The van der Waals surface area contributed by atoms with E-state index in [2.05, 4.69) is 37.1 Å². The second kappa shape index (κ2) is 8.57. The number of nitriles is 1. The summed E-state index contributed by atoms with van der Waals surface area (Å²) in [4.78, 5) is 17.2. The largest absolute Gasteiger partial charge is 0.383 e. The average Bonchev–Trinajstić information content (AvgIpc) is 2.88. The quantitative estimate of drug-likeness (QED) is 0.847. The molecule has 0 aliphatic carbocycles. The minimum Gasteiger partial charge on any atom is -0.383 e. The zero-order valence-corrected chi connectivity index (χ0v) is 17.3. The van der Waals surface area contributed by atoms with Crippen molar-refractivity contribution in [3.05, 3.63) is 29.3 Å². The van der Waals surface area contributed by atoms with Crippen LogP contribution < -0.4 is 10.2 Å². The zero-order chi connectivity index (χ0) is 18.9. The number of nitrogens with one attached hydrogen (secondary N) is 1. The summed E-state index contributed by atoms with van der Waals surface area (Å²) in [5.74, 6) is 0.0853. The van der Waals surface area contributed by atoms with Crippen LogP contribution in [0, 0.1) is 11.3 Å². The molecule has 0 unspecified atom stereocenters. The third-order valence-electron chi connectivity index (χ3n) is 5.43. The van der Waals surface area contributed by atoms with Crippen molar-refractivity contribution in [1.29, 1.82) is 5.26 Å². The predicted molar refractivity (Wildman–Crippen MR) is 108 cm³/mol. The Balaban J connectivity index is 0.00000261. The number of ether oxygens (including phenoxy) is 1. The fourth-order valence-corrected chi connectivity index (χ4v) is 4.03. The fourth-order valence-electron chi connectivity index (χ4n) is 4.03. The molecule has 0 aromatic heterocycles. The Bertz CT molecular complexity index is 731. The highest BCUT2D eigenvalue weighted by atomic mass is 35.5. The molecule has 0 saturated carbocycles. The van der Waals surface area contributed by atoms with Crippen LogP contribution in [0.25, 0.3) is 0 Å². The van der Waals surface area contributed by atoms with Gasteiger partial charge in [0.2, 0.25) is 5.91 Å². The van der Waals surface area contributed by atoms with Gasteiger partial charge in [0, 0.05) is 49.9 Å². The van der Waals surface area contributed by atoms with Crippen LogP contribution in [0.2, 0.25) is 0 Å². The van der Waals surface area contributed by atoms with Crippen LogP contribution in [0.15, 0.2) is 18.2 Å². The van der Waals surface area contributed by atoms with E-state index in [1.54, 1.807) is 7.11 Å². The number of carbonyl (C=O) groups is 1. The van der Waals surface area contributed by atoms with E-state index in [9.17, 15) is 10.1 Å². The molecule has 1 fully saturated rings. The van der Waals surface area contributed by atoms with Gasteiger partial charge in [-0.2, -0.15) is 5.26 Å². The topological polar surface area (TPSA) is 68.6 Å². The smallest absolute Gasteiger partial charge is 0.241 e. The van der Waals surface area contributed by atoms with E-state index in [4.69, 9.17) is 4.74 Å². The van der Waals surface area contributed by atoms with Gasteiger partial charge in [-0.15, -0.1) is 12.4 Å². The first-order valence-electron chi connectivity index (χ1n) is 9.17. The van der Waals surface area contributed by atoms with Gasteiger partial charge in [0.25, 0.3) is 0 Å². The van der Waals surface area contributed by atoms with Gasteiger partial charge < -0.3 is 15.0 Å². The second-order valence-corrected chi connectivity index (χ2v) is 8.06. The first-order valence-corrected chi connectivity index (χ1v) is 9.17. The number of hydrogen-bond donors (Lipinski definition) is 1. The Morgan fingerprint density at radius 3 is 2.85 bits per heavy atom. The van der Waals surface area contributed by atoms with Crippen LogP contribution in [0.1, 0.15) is 31.9 Å². The minimum atomic E-state index is -0.109. The maximum Gasteiger partial charge on any atom is 0.241 e. The highest BCUT2D eigenvalue weighted by Gasteiger charge is 2.39. The molecular weight excluding hydrogens is 364 g/mol. The SMILES string of the molecule is COC[C@H]1CN[C@H](C)CN1CC(=O)N1CC(C)(C)c2ccc(C#N)cc21.Cl. The van der Waals surface area contributed by atoms with Crippen LogP contribution in [0.3, 0.4) is 0 Å². The summed E-state index contributed by atoms with van der Waals surface area (Å²) in [6.45, 7) is 9.68. The second-order valence-electron chi connectivity index (χ2n) is 8.06. The van der Waals surface area contributed by atoms with E-state index >= 15 is 0 Å². The summed E-state index contributed by atoms with van der Waals surface area (Å²) in [6.07, 6.45) is 0. The molecule has 0 radical (unpaired) electrons. The number of rotatable bonds is 4. The van der Waals surface area contributed by atoms with E-state index < -0.39 is 0 Å². The van der Waals surface area contributed by atoms with Crippen molar-refractivity contribution in [2.75, 3.05) is 44.8 Å². The van der Waals surface area contributed by atoms with Gasteiger partial charge in [0.05, 0.1) is 24.8 Å². The molecule has 148 valence electrons. The Morgan fingerprint density at radius 1 is 1.44 bits per heavy atom. The molecule has 0 spiro atoms. The maximum absolute atomic E-state index is 13.2. The van der Waals surface area contributed by atoms with E-state index in [0.29, 0.717) is 31.3 Å². The van der Waals surface area contributed by atoms with E-state index in [-0.39, 0.29) is 29.8 Å². The monoisotopic (exact) mass is 392 g/mol. The van der Waals surface area contributed by atoms with Crippen molar-refractivity contribution < 1.29 is 9.53 Å². The lowest BCUT2D eigenvalue weighted by molar-refractivity contribution is -0.121. The van der Waals surface area contributed by atoms with Crippen LogP contribution in [-0.2, 0) is 14.9 Å². The number of carbonyl (C=O) groups excluding carboxylic acids is 1. The summed E-state index contributed by atoms with van der Waals surface area (Å²) in [5, 5.41) is 12.7. The first kappa shape index (κ1) is 21.6. The average molecular weight is 393 g/mol. The molecule has 1 amide bonds. The number of amides is 1. The molecule has 6 nitrogen and oxygen atoms in total. The summed E-state index contributed by atoms with van der Waals surface area (Å²) >= 11 is 0. The number of piperazine rings is 1. The van der Waals surface area contributed by atoms with Crippen LogP contribution >= 0.6 is 12.4 Å². The molecule has 2 aliphatic rings. The Kier molecular flexibility index (Phi) is 6.87. The third-order valence-corrected chi connectivity index (χ3v) is 5.43. The van der Waals surface area contributed by atoms with E-state index in [0.717, 1.165) is 24.3 Å².